The van der Waals surface area contributed by atoms with Crippen LogP contribution in [0.3, 0.4) is 0 Å². The van der Waals surface area contributed by atoms with E-state index in [0.29, 0.717) is 5.92 Å². The van der Waals surface area contributed by atoms with Crippen molar-refractivity contribution in [3.8, 4) is 11.1 Å². The summed E-state index contributed by atoms with van der Waals surface area (Å²) in [5.74, 6) is -0.713. The van der Waals surface area contributed by atoms with Crippen LogP contribution in [0, 0.1) is 5.92 Å². The number of rotatable bonds is 15. The maximum absolute atomic E-state index is 4.35. The molecule has 0 saturated heterocycles. The molecule has 0 saturated carbocycles. The summed E-state index contributed by atoms with van der Waals surface area (Å²) in [4.78, 5) is 0. The molecule has 1 atom stereocenters. The van der Waals surface area contributed by atoms with E-state index in [4.69, 9.17) is 0 Å². The van der Waals surface area contributed by atoms with Gasteiger partial charge in [0, 0.05) is 0 Å². The van der Waals surface area contributed by atoms with Gasteiger partial charge in [0.2, 0.25) is 0 Å². The van der Waals surface area contributed by atoms with Gasteiger partial charge < -0.3 is 0 Å². The third kappa shape index (κ3) is 10.5. The monoisotopic (exact) mass is 704 g/mol. The van der Waals surface area contributed by atoms with E-state index < -0.39 is 27.1 Å². The van der Waals surface area contributed by atoms with Gasteiger partial charge in [-0.2, -0.15) is 0 Å². The Morgan fingerprint density at radius 1 is 0.543 bits per heavy atom. The molecule has 1 aliphatic carbocycles. The molecule has 241 valence electrons. The fourth-order valence-corrected chi connectivity index (χ4v) is 29.4. The molecule has 1 unspecified atom stereocenters. The van der Waals surface area contributed by atoms with Gasteiger partial charge in [-0.25, -0.2) is 0 Å². The van der Waals surface area contributed by atoms with Crippen molar-refractivity contribution in [2.45, 2.75) is 86.0 Å². The molecule has 46 heavy (non-hydrogen) atoms. The summed E-state index contributed by atoms with van der Waals surface area (Å²) in [6, 6.07) is 43.8. The molecular weight excluding hydrogens is 650 g/mol. The van der Waals surface area contributed by atoms with Crippen LogP contribution in [0.25, 0.3) is 11.1 Å². The number of hydrogen-bond acceptors (Lipinski definition) is 1. The van der Waals surface area contributed by atoms with Gasteiger partial charge in [-0.05, 0) is 11.1 Å². The third-order valence-electron chi connectivity index (χ3n) is 9.71. The summed E-state index contributed by atoms with van der Waals surface area (Å²) in [7, 11) is 0. The van der Waals surface area contributed by atoms with Crippen LogP contribution in [0.2, 0.25) is 0 Å². The summed E-state index contributed by atoms with van der Waals surface area (Å²) in [5, 5.41) is 3.25. The average molecular weight is 706 g/mol. The van der Waals surface area contributed by atoms with Gasteiger partial charge in [-0.1, -0.05) is 60.7 Å². The van der Waals surface area contributed by atoms with E-state index in [2.05, 4.69) is 147 Å². The van der Waals surface area contributed by atoms with Gasteiger partial charge >= 0.3 is 220 Å². The van der Waals surface area contributed by atoms with Crippen molar-refractivity contribution in [3.63, 3.8) is 0 Å². The zero-order valence-corrected chi connectivity index (χ0v) is 32.7. The topological polar surface area (TPSA) is 12.0 Å². The maximum atomic E-state index is 4.35. The molecule has 0 amide bonds. The Morgan fingerprint density at radius 3 is 1.37 bits per heavy atom. The summed E-state index contributed by atoms with van der Waals surface area (Å²) in [5.41, 5.74) is 7.33. The smallest absolute Gasteiger partial charge is 0.0184 e. The Kier molecular flexibility index (Phi) is 15.7. The van der Waals surface area contributed by atoms with Crippen LogP contribution in [-0.2, 0) is 21.2 Å². The first-order valence-electron chi connectivity index (χ1n) is 17.7. The molecule has 0 fully saturated rings. The molecule has 0 aliphatic heterocycles. The van der Waals surface area contributed by atoms with Gasteiger partial charge in [-0.15, -0.1) is 0 Å². The second-order valence-corrected chi connectivity index (χ2v) is 27.0. The van der Waals surface area contributed by atoms with Crippen LogP contribution in [0.4, 0.5) is 0 Å². The van der Waals surface area contributed by atoms with Crippen molar-refractivity contribution in [1.82, 2.24) is 3.26 Å². The molecule has 4 aromatic rings. The minimum atomic E-state index is -2.16. The van der Waals surface area contributed by atoms with Gasteiger partial charge in [-0.3, -0.25) is 0 Å². The summed E-state index contributed by atoms with van der Waals surface area (Å²) < 4.78 is 6.19. The minimum absolute atomic E-state index is 0.614. The summed E-state index contributed by atoms with van der Waals surface area (Å²) in [6.07, 6.45) is 11.1. The molecule has 1 N–H and O–H groups in total. The summed E-state index contributed by atoms with van der Waals surface area (Å²) >= 11 is -2.16. The number of allylic oxidation sites excluding steroid dienone is 4. The average Bonchev–Trinajstić information content (AvgIpc) is 3.30. The van der Waals surface area contributed by atoms with Gasteiger partial charge in [0.1, 0.15) is 0 Å². The standard InChI is InChI=1S/C12H11Si.C12H10.C10H22N.C9H13.Zr/c1-3-7-11(8-4-1)13-12-9-5-2-6-10-12;1-3-7-11(8-4-1)12-9-5-2-6-10-12;1-2-3-4-5-6-7-8-9-10-11;1-6-5-7(2)9(4)8(6)3;/h1-10,13H;1-10H;11H,2-10H2,1H3;6H,1-4H3;/q;;-1;;+1. The quantitative estimate of drug-likeness (QED) is 0.0959. The Bertz CT molecular complexity index is 1400. The Hall–Kier alpha value is -2.58. The van der Waals surface area contributed by atoms with Crippen molar-refractivity contribution < 1.29 is 21.2 Å². The molecule has 0 heterocycles. The van der Waals surface area contributed by atoms with E-state index in [1.807, 2.05) is 15.4 Å². The predicted molar refractivity (Wildman–Crippen MR) is 202 cm³/mol. The zero-order chi connectivity index (χ0) is 32.6. The second kappa shape index (κ2) is 19.9. The zero-order valence-electron chi connectivity index (χ0n) is 29.1. The van der Waals surface area contributed by atoms with Crippen LogP contribution in [0.1, 0.15) is 86.0 Å². The van der Waals surface area contributed by atoms with E-state index in [9.17, 15) is 0 Å². The van der Waals surface area contributed by atoms with Crippen LogP contribution in [0.15, 0.2) is 141 Å². The van der Waals surface area contributed by atoms with Crippen LogP contribution < -0.4 is 13.6 Å². The van der Waals surface area contributed by atoms with E-state index in [1.54, 1.807) is 27.1 Å². The van der Waals surface area contributed by atoms with Crippen LogP contribution in [-0.4, -0.2) is 12.5 Å². The van der Waals surface area contributed by atoms with Gasteiger partial charge in [0.25, 0.3) is 0 Å². The van der Waals surface area contributed by atoms with E-state index in [0.717, 1.165) is 0 Å². The molecule has 0 radical (unpaired) electrons. The first-order valence-corrected chi connectivity index (χ1v) is 26.2. The third-order valence-corrected chi connectivity index (χ3v) is 29.6. The van der Waals surface area contributed by atoms with Gasteiger partial charge in [0.15, 0.2) is 0 Å². The van der Waals surface area contributed by atoms with E-state index >= 15 is 0 Å². The second-order valence-electron chi connectivity index (χ2n) is 12.9. The van der Waals surface area contributed by atoms with Crippen molar-refractivity contribution >= 4 is 16.3 Å². The largest absolute Gasteiger partial charge is 0.0622 e. The van der Waals surface area contributed by atoms with Crippen molar-refractivity contribution in [3.05, 3.63) is 141 Å². The number of nitrogens with one attached hydrogen (secondary N) is 1. The molecule has 1 nitrogen and oxygen atoms in total. The fraction of sp³-hybridized carbons (Fsp3) is 0.349. The summed E-state index contributed by atoms with van der Waals surface area (Å²) in [6.45, 7) is 13.1. The molecular formula is C43H56NSiZr. The molecule has 5 rings (SSSR count). The fourth-order valence-electron chi connectivity index (χ4n) is 6.71. The van der Waals surface area contributed by atoms with Crippen LogP contribution in [0.5, 0.6) is 0 Å². The predicted octanol–water partition coefficient (Wildman–Crippen LogP) is 10.4. The maximum Gasteiger partial charge on any atom is -0.0184 e. The first kappa shape index (κ1) is 36.3. The molecule has 4 aromatic carbocycles. The number of hydrogen-bond donors (Lipinski definition) is 1. The first-order chi connectivity index (χ1) is 22.5. The molecule has 1 aliphatic rings. The van der Waals surface area contributed by atoms with Crippen molar-refractivity contribution in [1.29, 1.82) is 0 Å². The van der Waals surface area contributed by atoms with Crippen LogP contribution >= 0.6 is 0 Å². The molecule has 0 spiro atoms. The molecule has 3 heteroatoms. The van der Waals surface area contributed by atoms with E-state index in [-0.39, 0.29) is 0 Å². The number of benzene rings is 4. The van der Waals surface area contributed by atoms with E-state index in [1.165, 1.54) is 69.0 Å². The number of unbranched alkanes of at least 4 members (excludes halogenated alkanes) is 7. The van der Waals surface area contributed by atoms with Gasteiger partial charge in [0.05, 0.1) is 0 Å². The Morgan fingerprint density at radius 2 is 0.957 bits per heavy atom. The van der Waals surface area contributed by atoms with Crippen molar-refractivity contribution in [2.24, 2.45) is 5.92 Å². The normalized spacial score (nSPS) is 14.4. The molecule has 0 bridgehead atoms. The minimum Gasteiger partial charge on any atom is -0.0622 e. The SMILES string of the molecule is CCCCCCCCCC[NH][Zr]([C]1=C(C)C(C)=C(C)C1C)[SiH](c1ccccc1)c1ccccc1.c1ccc(-c2ccccc2)cc1. The molecule has 0 aromatic heterocycles. The Balaban J connectivity index is 0.000000331. The van der Waals surface area contributed by atoms with Crippen molar-refractivity contribution in [2.75, 3.05) is 6.54 Å². The Labute approximate surface area is 289 Å².